The molecule has 2 atom stereocenters. The highest BCUT2D eigenvalue weighted by Gasteiger charge is 2.50. The average molecular weight is 286 g/mol. The first-order valence-electron chi connectivity index (χ1n) is 7.86. The molecule has 0 spiro atoms. The van der Waals surface area contributed by atoms with Gasteiger partial charge < -0.3 is 9.84 Å². The Morgan fingerprint density at radius 3 is 2.86 bits per heavy atom. The van der Waals surface area contributed by atoms with Crippen molar-refractivity contribution in [1.29, 1.82) is 0 Å². The molecule has 1 N–H and O–H groups in total. The molecule has 0 aliphatic heterocycles. The summed E-state index contributed by atoms with van der Waals surface area (Å²) < 4.78 is 5.67. The molecule has 114 valence electrons. The van der Waals surface area contributed by atoms with Crippen LogP contribution >= 0.6 is 0 Å². The monoisotopic (exact) mass is 286 g/mol. The maximum absolute atomic E-state index is 10.3. The van der Waals surface area contributed by atoms with Crippen LogP contribution in [0.3, 0.4) is 0 Å². The predicted molar refractivity (Wildman–Crippen MR) is 85.9 cm³/mol. The highest BCUT2D eigenvalue weighted by molar-refractivity contribution is 5.16. The van der Waals surface area contributed by atoms with Crippen molar-refractivity contribution in [3.63, 3.8) is 0 Å². The van der Waals surface area contributed by atoms with Gasteiger partial charge in [-0.3, -0.25) is 0 Å². The fourth-order valence-corrected chi connectivity index (χ4v) is 2.36. The fraction of sp³-hybridized carbons (Fsp3) is 0.526. The second kappa shape index (κ2) is 7.61. The Morgan fingerprint density at radius 1 is 1.38 bits per heavy atom. The number of hydrogen-bond acceptors (Lipinski definition) is 2. The molecule has 21 heavy (non-hydrogen) atoms. The smallest absolute Gasteiger partial charge is 0.0934 e. The molecule has 0 amide bonds. The van der Waals surface area contributed by atoms with Gasteiger partial charge >= 0.3 is 0 Å². The van der Waals surface area contributed by atoms with Crippen molar-refractivity contribution in [1.82, 2.24) is 0 Å². The van der Waals surface area contributed by atoms with Crippen molar-refractivity contribution < 1.29 is 9.84 Å². The maximum Gasteiger partial charge on any atom is 0.0934 e. The Labute approximate surface area is 128 Å². The van der Waals surface area contributed by atoms with Gasteiger partial charge in [0.15, 0.2) is 0 Å². The number of hydrogen-bond donors (Lipinski definition) is 1. The molecule has 1 fully saturated rings. The highest BCUT2D eigenvalue weighted by Crippen LogP contribution is 2.46. The van der Waals surface area contributed by atoms with E-state index in [1.54, 1.807) is 0 Å². The van der Waals surface area contributed by atoms with Gasteiger partial charge in [-0.2, -0.15) is 0 Å². The zero-order valence-corrected chi connectivity index (χ0v) is 13.1. The summed E-state index contributed by atoms with van der Waals surface area (Å²) in [6, 6.07) is 10.2. The van der Waals surface area contributed by atoms with Gasteiger partial charge in [-0.1, -0.05) is 44.2 Å². The van der Waals surface area contributed by atoms with E-state index in [0.29, 0.717) is 25.0 Å². The molecular weight excluding hydrogens is 260 g/mol. The molecule has 2 rings (SSSR count). The average Bonchev–Trinajstić information content (AvgIpc) is 3.12. The number of benzene rings is 1. The largest absolute Gasteiger partial charge is 0.385 e. The van der Waals surface area contributed by atoms with Crippen LogP contribution in [0.15, 0.2) is 48.2 Å². The number of aliphatic hydroxyl groups is 1. The van der Waals surface area contributed by atoms with E-state index in [0.717, 1.165) is 19.3 Å². The molecule has 1 aliphatic rings. The van der Waals surface area contributed by atoms with Crippen LogP contribution in [0.1, 0.15) is 38.7 Å². The first kappa shape index (κ1) is 16.0. The quantitative estimate of drug-likeness (QED) is 0.576. The third-order valence-corrected chi connectivity index (χ3v) is 3.88. The minimum Gasteiger partial charge on any atom is -0.385 e. The van der Waals surface area contributed by atoms with Crippen LogP contribution in [0, 0.1) is 11.8 Å². The fourth-order valence-electron chi connectivity index (χ4n) is 2.36. The summed E-state index contributed by atoms with van der Waals surface area (Å²) in [5.74, 6) is 0.968. The zero-order chi connectivity index (χ0) is 15.1. The Bertz CT molecular complexity index is 486. The van der Waals surface area contributed by atoms with E-state index in [9.17, 15) is 5.11 Å². The summed E-state index contributed by atoms with van der Waals surface area (Å²) >= 11 is 0. The van der Waals surface area contributed by atoms with Gasteiger partial charge in [0.05, 0.1) is 12.2 Å². The van der Waals surface area contributed by atoms with E-state index in [4.69, 9.17) is 4.74 Å². The SMILES string of the molecule is CC(C)CC=C=C[C@]1(O)C[C@H]1CCOCc1ccccc1. The summed E-state index contributed by atoms with van der Waals surface area (Å²) in [4.78, 5) is 0. The molecule has 0 aromatic heterocycles. The van der Waals surface area contributed by atoms with Crippen molar-refractivity contribution in [3.8, 4) is 0 Å². The van der Waals surface area contributed by atoms with E-state index >= 15 is 0 Å². The molecule has 1 aromatic rings. The van der Waals surface area contributed by atoms with Crippen LogP contribution in [-0.2, 0) is 11.3 Å². The van der Waals surface area contributed by atoms with E-state index in [1.807, 2.05) is 30.4 Å². The Balaban J connectivity index is 1.64. The van der Waals surface area contributed by atoms with Crippen molar-refractivity contribution in [2.45, 2.75) is 45.3 Å². The Morgan fingerprint density at radius 2 is 2.14 bits per heavy atom. The van der Waals surface area contributed by atoms with E-state index in [-0.39, 0.29) is 0 Å². The first-order chi connectivity index (χ1) is 10.1. The van der Waals surface area contributed by atoms with Crippen LogP contribution in [0.2, 0.25) is 0 Å². The van der Waals surface area contributed by atoms with Gasteiger partial charge in [-0.05, 0) is 48.8 Å². The van der Waals surface area contributed by atoms with Crippen LogP contribution in [0.25, 0.3) is 0 Å². The Kier molecular flexibility index (Phi) is 5.81. The molecule has 0 radical (unpaired) electrons. The summed E-state index contributed by atoms with van der Waals surface area (Å²) in [7, 11) is 0. The third-order valence-electron chi connectivity index (χ3n) is 3.88. The standard InChI is InChI=1S/C19H26O2/c1-16(2)8-6-7-12-19(20)14-18(19)11-13-21-15-17-9-4-3-5-10-17/h3-6,9-10,12,16,18,20H,8,11,13-15H2,1-2H3/t7?,18-,19+/m1/s1. The molecular formula is C19H26O2. The second-order valence-corrected chi connectivity index (χ2v) is 6.36. The molecule has 1 aliphatic carbocycles. The zero-order valence-electron chi connectivity index (χ0n) is 13.1. The Hall–Kier alpha value is -1.34. The summed E-state index contributed by atoms with van der Waals surface area (Å²) in [5, 5.41) is 10.3. The third kappa shape index (κ3) is 5.51. The van der Waals surface area contributed by atoms with Crippen LogP contribution in [0.5, 0.6) is 0 Å². The number of ether oxygens (including phenoxy) is 1. The molecule has 0 heterocycles. The van der Waals surface area contributed by atoms with E-state index in [1.165, 1.54) is 5.56 Å². The lowest BCUT2D eigenvalue weighted by atomic mass is 10.1. The molecule has 0 unspecified atom stereocenters. The molecule has 2 heteroatoms. The summed E-state index contributed by atoms with van der Waals surface area (Å²) in [6.07, 6.45) is 6.61. The van der Waals surface area contributed by atoms with Crippen molar-refractivity contribution in [2.24, 2.45) is 11.8 Å². The van der Waals surface area contributed by atoms with Gasteiger partial charge in [0.2, 0.25) is 0 Å². The summed E-state index contributed by atoms with van der Waals surface area (Å²) in [6.45, 7) is 5.70. The lowest BCUT2D eigenvalue weighted by Gasteiger charge is -2.05. The van der Waals surface area contributed by atoms with Gasteiger partial charge in [0.1, 0.15) is 0 Å². The van der Waals surface area contributed by atoms with Gasteiger partial charge in [0.25, 0.3) is 0 Å². The lowest BCUT2D eigenvalue weighted by molar-refractivity contribution is 0.104. The lowest BCUT2D eigenvalue weighted by Crippen LogP contribution is -2.08. The van der Waals surface area contributed by atoms with Gasteiger partial charge in [0, 0.05) is 6.61 Å². The maximum atomic E-state index is 10.3. The van der Waals surface area contributed by atoms with Crippen LogP contribution < -0.4 is 0 Å². The topological polar surface area (TPSA) is 29.5 Å². The van der Waals surface area contributed by atoms with Gasteiger partial charge in [-0.15, -0.1) is 5.73 Å². The van der Waals surface area contributed by atoms with Crippen molar-refractivity contribution >= 4 is 0 Å². The molecule has 0 bridgehead atoms. The van der Waals surface area contributed by atoms with Crippen molar-refractivity contribution in [2.75, 3.05) is 6.61 Å². The minimum absolute atomic E-state index is 0.327. The molecule has 2 nitrogen and oxygen atoms in total. The molecule has 1 saturated carbocycles. The van der Waals surface area contributed by atoms with E-state index in [2.05, 4.69) is 31.7 Å². The molecule has 0 saturated heterocycles. The minimum atomic E-state index is -0.635. The predicted octanol–water partition coefficient (Wildman–Crippen LogP) is 4.10. The molecule has 1 aromatic carbocycles. The number of rotatable bonds is 8. The normalized spacial score (nSPS) is 23.7. The second-order valence-electron chi connectivity index (χ2n) is 6.36. The van der Waals surface area contributed by atoms with Crippen LogP contribution in [-0.4, -0.2) is 17.3 Å². The summed E-state index contributed by atoms with van der Waals surface area (Å²) in [5.41, 5.74) is 3.68. The first-order valence-corrected chi connectivity index (χ1v) is 7.86. The van der Waals surface area contributed by atoms with Crippen LogP contribution in [0.4, 0.5) is 0 Å². The van der Waals surface area contributed by atoms with Gasteiger partial charge in [-0.25, -0.2) is 0 Å². The van der Waals surface area contributed by atoms with E-state index < -0.39 is 5.60 Å². The van der Waals surface area contributed by atoms with Crippen molar-refractivity contribution in [3.05, 3.63) is 53.8 Å². The highest BCUT2D eigenvalue weighted by atomic mass is 16.5.